The highest BCUT2D eigenvalue weighted by molar-refractivity contribution is 5.78. The van der Waals surface area contributed by atoms with Gasteiger partial charge >= 0.3 is 0 Å². The van der Waals surface area contributed by atoms with Crippen LogP contribution in [-0.2, 0) is 11.2 Å². The predicted molar refractivity (Wildman–Crippen MR) is 95.1 cm³/mol. The number of carbonyl (C=O) groups excluding carboxylic acids is 1. The Kier molecular flexibility index (Phi) is 6.01. The summed E-state index contributed by atoms with van der Waals surface area (Å²) in [6.45, 7) is 4.27. The van der Waals surface area contributed by atoms with Crippen LogP contribution < -0.4 is 4.74 Å². The second kappa shape index (κ2) is 8.62. The van der Waals surface area contributed by atoms with E-state index in [9.17, 15) is 9.18 Å². The van der Waals surface area contributed by atoms with Gasteiger partial charge in [0.05, 0.1) is 6.42 Å². The van der Waals surface area contributed by atoms with E-state index in [0.29, 0.717) is 18.8 Å². The molecule has 5 heteroatoms. The number of para-hydroxylation sites is 1. The maximum Gasteiger partial charge on any atom is 0.227 e. The molecule has 0 aliphatic carbocycles. The van der Waals surface area contributed by atoms with Crippen LogP contribution in [0.5, 0.6) is 5.75 Å². The minimum absolute atomic E-state index is 0.174. The van der Waals surface area contributed by atoms with Crippen molar-refractivity contribution in [3.05, 3.63) is 66.0 Å². The van der Waals surface area contributed by atoms with E-state index in [0.717, 1.165) is 38.3 Å². The van der Waals surface area contributed by atoms with Crippen molar-refractivity contribution >= 4 is 5.91 Å². The lowest BCUT2D eigenvalue weighted by Crippen LogP contribution is -2.49. The SMILES string of the molecule is O=C(Cc1ccccc1)N1CCN(CCOc2ccccc2F)CC1. The van der Waals surface area contributed by atoms with E-state index in [1.54, 1.807) is 18.2 Å². The number of nitrogens with zero attached hydrogens (tertiary/aromatic N) is 2. The third kappa shape index (κ3) is 5.03. The van der Waals surface area contributed by atoms with Crippen LogP contribution in [0, 0.1) is 5.82 Å². The lowest BCUT2D eigenvalue weighted by atomic mass is 10.1. The molecule has 1 amide bonds. The van der Waals surface area contributed by atoms with Crippen LogP contribution in [0.2, 0.25) is 0 Å². The molecule has 0 unspecified atom stereocenters. The first-order chi connectivity index (χ1) is 12.2. The molecule has 0 spiro atoms. The Morgan fingerprint density at radius 2 is 1.64 bits per heavy atom. The van der Waals surface area contributed by atoms with Crippen molar-refractivity contribution in [2.24, 2.45) is 0 Å². The van der Waals surface area contributed by atoms with Crippen molar-refractivity contribution in [3.63, 3.8) is 0 Å². The van der Waals surface area contributed by atoms with E-state index in [1.807, 2.05) is 35.2 Å². The first kappa shape index (κ1) is 17.4. The van der Waals surface area contributed by atoms with Gasteiger partial charge in [0.1, 0.15) is 6.61 Å². The normalized spacial score (nSPS) is 15.2. The molecule has 2 aromatic rings. The summed E-state index contributed by atoms with van der Waals surface area (Å²) >= 11 is 0. The van der Waals surface area contributed by atoms with E-state index in [2.05, 4.69) is 4.90 Å². The van der Waals surface area contributed by atoms with Gasteiger partial charge in [-0.15, -0.1) is 0 Å². The van der Waals surface area contributed by atoms with Crippen molar-refractivity contribution < 1.29 is 13.9 Å². The molecule has 1 heterocycles. The van der Waals surface area contributed by atoms with Crippen LogP contribution in [0.1, 0.15) is 5.56 Å². The number of hydrogen-bond acceptors (Lipinski definition) is 3. The molecule has 132 valence electrons. The Balaban J connectivity index is 1.38. The number of hydrogen-bond donors (Lipinski definition) is 0. The van der Waals surface area contributed by atoms with Gasteiger partial charge in [0, 0.05) is 32.7 Å². The third-order valence-electron chi connectivity index (χ3n) is 4.42. The van der Waals surface area contributed by atoms with Crippen molar-refractivity contribution in [3.8, 4) is 5.75 Å². The number of piperazine rings is 1. The lowest BCUT2D eigenvalue weighted by molar-refractivity contribution is -0.132. The van der Waals surface area contributed by atoms with Crippen molar-refractivity contribution in [1.29, 1.82) is 0 Å². The highest BCUT2D eigenvalue weighted by Crippen LogP contribution is 2.15. The fourth-order valence-electron chi connectivity index (χ4n) is 2.95. The van der Waals surface area contributed by atoms with E-state index >= 15 is 0 Å². The number of carbonyl (C=O) groups is 1. The van der Waals surface area contributed by atoms with Crippen molar-refractivity contribution in [2.75, 3.05) is 39.3 Å². The quantitative estimate of drug-likeness (QED) is 0.809. The van der Waals surface area contributed by atoms with Crippen molar-refractivity contribution in [2.45, 2.75) is 6.42 Å². The van der Waals surface area contributed by atoms with Gasteiger partial charge in [-0.25, -0.2) is 4.39 Å². The Morgan fingerprint density at radius 3 is 2.36 bits per heavy atom. The van der Waals surface area contributed by atoms with Crippen LogP contribution in [-0.4, -0.2) is 55.0 Å². The predicted octanol–water partition coefficient (Wildman–Crippen LogP) is 2.59. The Morgan fingerprint density at radius 1 is 0.960 bits per heavy atom. The molecular weight excluding hydrogens is 319 g/mol. The minimum atomic E-state index is -0.334. The smallest absolute Gasteiger partial charge is 0.227 e. The molecule has 0 radical (unpaired) electrons. The molecule has 4 nitrogen and oxygen atoms in total. The van der Waals surface area contributed by atoms with Gasteiger partial charge in [-0.05, 0) is 17.7 Å². The molecule has 25 heavy (non-hydrogen) atoms. The van der Waals surface area contributed by atoms with Gasteiger partial charge in [-0.1, -0.05) is 42.5 Å². The zero-order chi connectivity index (χ0) is 17.5. The van der Waals surface area contributed by atoms with E-state index in [-0.39, 0.29) is 11.7 Å². The van der Waals surface area contributed by atoms with Gasteiger partial charge in [0.25, 0.3) is 0 Å². The minimum Gasteiger partial charge on any atom is -0.489 e. The van der Waals surface area contributed by atoms with Crippen LogP contribution in [0.3, 0.4) is 0 Å². The van der Waals surface area contributed by atoms with Gasteiger partial charge in [-0.3, -0.25) is 9.69 Å². The molecule has 0 saturated carbocycles. The fourth-order valence-corrected chi connectivity index (χ4v) is 2.95. The van der Waals surface area contributed by atoms with E-state index in [4.69, 9.17) is 4.74 Å². The van der Waals surface area contributed by atoms with E-state index < -0.39 is 0 Å². The van der Waals surface area contributed by atoms with E-state index in [1.165, 1.54) is 6.07 Å². The largest absolute Gasteiger partial charge is 0.489 e. The topological polar surface area (TPSA) is 32.8 Å². The zero-order valence-corrected chi connectivity index (χ0v) is 14.2. The summed E-state index contributed by atoms with van der Waals surface area (Å²) in [6, 6.07) is 16.3. The molecule has 1 aliphatic rings. The Bertz CT molecular complexity index is 685. The number of halogens is 1. The van der Waals surface area contributed by atoms with Crippen LogP contribution in [0.15, 0.2) is 54.6 Å². The summed E-state index contributed by atoms with van der Waals surface area (Å²) in [4.78, 5) is 16.5. The number of ether oxygens (including phenoxy) is 1. The molecule has 0 aromatic heterocycles. The maximum absolute atomic E-state index is 13.5. The van der Waals surface area contributed by atoms with Crippen LogP contribution in [0.4, 0.5) is 4.39 Å². The molecule has 0 bridgehead atoms. The summed E-state index contributed by atoms with van der Waals surface area (Å²) in [5, 5.41) is 0. The molecule has 1 aliphatic heterocycles. The van der Waals surface area contributed by atoms with Crippen molar-refractivity contribution in [1.82, 2.24) is 9.80 Å². The molecule has 2 aromatic carbocycles. The number of amides is 1. The molecule has 1 fully saturated rings. The number of rotatable bonds is 6. The average Bonchev–Trinajstić information content (AvgIpc) is 2.65. The molecule has 0 atom stereocenters. The Hall–Kier alpha value is -2.40. The number of benzene rings is 2. The second-order valence-corrected chi connectivity index (χ2v) is 6.16. The zero-order valence-electron chi connectivity index (χ0n) is 14.2. The summed E-state index contributed by atoms with van der Waals surface area (Å²) in [6.07, 6.45) is 0.456. The first-order valence-corrected chi connectivity index (χ1v) is 8.64. The Labute approximate surface area is 147 Å². The molecule has 3 rings (SSSR count). The standard InChI is InChI=1S/C20H23FN2O2/c21-18-8-4-5-9-19(18)25-15-14-22-10-12-23(13-11-22)20(24)16-17-6-2-1-3-7-17/h1-9H,10-16H2. The van der Waals surface area contributed by atoms with Gasteiger partial charge < -0.3 is 9.64 Å². The maximum atomic E-state index is 13.5. The van der Waals surface area contributed by atoms with Gasteiger partial charge in [0.15, 0.2) is 11.6 Å². The summed E-state index contributed by atoms with van der Waals surface area (Å²) in [7, 11) is 0. The van der Waals surface area contributed by atoms with Gasteiger partial charge in [0.2, 0.25) is 5.91 Å². The fraction of sp³-hybridized carbons (Fsp3) is 0.350. The molecule has 1 saturated heterocycles. The first-order valence-electron chi connectivity index (χ1n) is 8.64. The lowest BCUT2D eigenvalue weighted by Gasteiger charge is -2.34. The summed E-state index contributed by atoms with van der Waals surface area (Å²) < 4.78 is 19.0. The monoisotopic (exact) mass is 342 g/mol. The average molecular weight is 342 g/mol. The van der Waals surface area contributed by atoms with Gasteiger partial charge in [-0.2, -0.15) is 0 Å². The second-order valence-electron chi connectivity index (χ2n) is 6.16. The third-order valence-corrected chi connectivity index (χ3v) is 4.42. The summed E-state index contributed by atoms with van der Waals surface area (Å²) in [5.41, 5.74) is 1.05. The molecular formula is C20H23FN2O2. The summed E-state index contributed by atoms with van der Waals surface area (Å²) in [5.74, 6) is 0.131. The van der Waals surface area contributed by atoms with Crippen LogP contribution >= 0.6 is 0 Å². The molecule has 0 N–H and O–H groups in total. The van der Waals surface area contributed by atoms with Crippen LogP contribution in [0.25, 0.3) is 0 Å². The highest BCUT2D eigenvalue weighted by atomic mass is 19.1. The highest BCUT2D eigenvalue weighted by Gasteiger charge is 2.21.